The lowest BCUT2D eigenvalue weighted by Gasteiger charge is -2.29. The second-order valence-corrected chi connectivity index (χ2v) is 4.21. The van der Waals surface area contributed by atoms with E-state index in [4.69, 9.17) is 4.42 Å². The Bertz CT molecular complexity index is 315. The minimum atomic E-state index is -0.143. The summed E-state index contributed by atoms with van der Waals surface area (Å²) in [4.78, 5) is 0. The van der Waals surface area contributed by atoms with Gasteiger partial charge in [-0.2, -0.15) is 5.26 Å². The SMILES string of the molecule is N#CC1(Cc2ccco2)CCCCC1. The molecule has 0 unspecified atom stereocenters. The Morgan fingerprint density at radius 2 is 2.14 bits per heavy atom. The second-order valence-electron chi connectivity index (χ2n) is 4.21. The molecule has 2 rings (SSSR count). The van der Waals surface area contributed by atoms with Crippen LogP contribution in [0.2, 0.25) is 0 Å². The Kier molecular flexibility index (Phi) is 2.58. The molecule has 0 radical (unpaired) electrons. The smallest absolute Gasteiger partial charge is 0.105 e. The van der Waals surface area contributed by atoms with Gasteiger partial charge in [-0.3, -0.25) is 0 Å². The molecule has 1 fully saturated rings. The van der Waals surface area contributed by atoms with Crippen molar-refractivity contribution in [1.82, 2.24) is 0 Å². The van der Waals surface area contributed by atoms with E-state index in [-0.39, 0.29) is 5.41 Å². The van der Waals surface area contributed by atoms with Crippen LogP contribution < -0.4 is 0 Å². The zero-order chi connectivity index (χ0) is 9.86. The highest BCUT2D eigenvalue weighted by Crippen LogP contribution is 2.38. The summed E-state index contributed by atoms with van der Waals surface area (Å²) in [5, 5.41) is 9.25. The van der Waals surface area contributed by atoms with Crippen LogP contribution in [0.25, 0.3) is 0 Å². The molecule has 0 N–H and O–H groups in total. The van der Waals surface area contributed by atoms with Crippen LogP contribution in [-0.2, 0) is 6.42 Å². The average molecular weight is 189 g/mol. The third-order valence-electron chi connectivity index (χ3n) is 3.14. The maximum absolute atomic E-state index is 9.25. The van der Waals surface area contributed by atoms with Crippen molar-refractivity contribution in [2.24, 2.45) is 5.41 Å². The van der Waals surface area contributed by atoms with Crippen molar-refractivity contribution in [3.05, 3.63) is 24.2 Å². The molecule has 1 heterocycles. The Morgan fingerprint density at radius 1 is 1.36 bits per heavy atom. The van der Waals surface area contributed by atoms with E-state index in [0.29, 0.717) is 0 Å². The zero-order valence-electron chi connectivity index (χ0n) is 8.33. The van der Waals surface area contributed by atoms with Crippen LogP contribution >= 0.6 is 0 Å². The highest BCUT2D eigenvalue weighted by Gasteiger charge is 2.32. The summed E-state index contributed by atoms with van der Waals surface area (Å²) in [6.07, 6.45) is 8.19. The zero-order valence-corrected chi connectivity index (χ0v) is 8.33. The van der Waals surface area contributed by atoms with Crippen molar-refractivity contribution in [3.8, 4) is 6.07 Å². The number of hydrogen-bond acceptors (Lipinski definition) is 2. The van der Waals surface area contributed by atoms with Gasteiger partial charge in [0.05, 0.1) is 17.7 Å². The molecule has 1 saturated carbocycles. The molecule has 0 amide bonds. The molecule has 0 atom stereocenters. The van der Waals surface area contributed by atoms with Crippen molar-refractivity contribution >= 4 is 0 Å². The standard InChI is InChI=1S/C12H15NO/c13-10-12(6-2-1-3-7-12)9-11-5-4-8-14-11/h4-5,8H,1-3,6-7,9H2. The van der Waals surface area contributed by atoms with E-state index >= 15 is 0 Å². The first kappa shape index (κ1) is 9.33. The fourth-order valence-electron chi connectivity index (χ4n) is 2.30. The van der Waals surface area contributed by atoms with Crippen molar-refractivity contribution in [1.29, 1.82) is 5.26 Å². The summed E-state index contributed by atoms with van der Waals surface area (Å²) in [7, 11) is 0. The molecule has 1 aromatic rings. The fraction of sp³-hybridized carbons (Fsp3) is 0.583. The molecule has 0 aromatic carbocycles. The highest BCUT2D eigenvalue weighted by atomic mass is 16.3. The molecular formula is C12H15NO. The molecule has 74 valence electrons. The predicted octanol–water partition coefficient (Wildman–Crippen LogP) is 3.30. The van der Waals surface area contributed by atoms with Gasteiger partial charge in [0.1, 0.15) is 5.76 Å². The maximum atomic E-state index is 9.25. The summed E-state index contributed by atoms with van der Waals surface area (Å²) in [6, 6.07) is 6.35. The van der Waals surface area contributed by atoms with Gasteiger partial charge in [-0.15, -0.1) is 0 Å². The molecule has 2 heteroatoms. The third kappa shape index (κ3) is 1.82. The summed E-state index contributed by atoms with van der Waals surface area (Å²) in [5.74, 6) is 0.952. The number of furan rings is 1. The summed E-state index contributed by atoms with van der Waals surface area (Å²) >= 11 is 0. The fourth-order valence-corrected chi connectivity index (χ4v) is 2.30. The maximum Gasteiger partial charge on any atom is 0.105 e. The van der Waals surface area contributed by atoms with Gasteiger partial charge < -0.3 is 4.42 Å². The van der Waals surface area contributed by atoms with E-state index in [9.17, 15) is 5.26 Å². The third-order valence-corrected chi connectivity index (χ3v) is 3.14. The quantitative estimate of drug-likeness (QED) is 0.715. The van der Waals surface area contributed by atoms with Crippen LogP contribution in [0, 0.1) is 16.7 Å². The Hall–Kier alpha value is -1.23. The number of rotatable bonds is 2. The van der Waals surface area contributed by atoms with Crippen molar-refractivity contribution in [2.45, 2.75) is 38.5 Å². The normalized spacial score (nSPS) is 20.2. The summed E-state index contributed by atoms with van der Waals surface area (Å²) < 4.78 is 5.31. The summed E-state index contributed by atoms with van der Waals surface area (Å²) in [5.41, 5.74) is -0.143. The molecule has 1 aliphatic carbocycles. The first-order valence-electron chi connectivity index (χ1n) is 5.28. The van der Waals surface area contributed by atoms with E-state index in [1.54, 1.807) is 6.26 Å². The minimum Gasteiger partial charge on any atom is -0.469 e. The first-order valence-corrected chi connectivity index (χ1v) is 5.28. The molecule has 1 aromatic heterocycles. The van der Waals surface area contributed by atoms with E-state index < -0.39 is 0 Å². The highest BCUT2D eigenvalue weighted by molar-refractivity contribution is 5.10. The monoisotopic (exact) mass is 189 g/mol. The predicted molar refractivity (Wildman–Crippen MR) is 53.5 cm³/mol. The lowest BCUT2D eigenvalue weighted by molar-refractivity contribution is 0.250. The molecule has 1 aliphatic rings. The van der Waals surface area contributed by atoms with Crippen LogP contribution in [0.1, 0.15) is 37.9 Å². The summed E-state index contributed by atoms with van der Waals surface area (Å²) in [6.45, 7) is 0. The Balaban J connectivity index is 2.09. The molecule has 14 heavy (non-hydrogen) atoms. The van der Waals surface area contributed by atoms with Crippen molar-refractivity contribution in [2.75, 3.05) is 0 Å². The van der Waals surface area contributed by atoms with Gasteiger partial charge in [0.15, 0.2) is 0 Å². The van der Waals surface area contributed by atoms with Gasteiger partial charge in [0.2, 0.25) is 0 Å². The van der Waals surface area contributed by atoms with Crippen LogP contribution in [0.4, 0.5) is 0 Å². The van der Waals surface area contributed by atoms with Crippen molar-refractivity contribution in [3.63, 3.8) is 0 Å². The van der Waals surface area contributed by atoms with E-state index in [1.807, 2.05) is 12.1 Å². The van der Waals surface area contributed by atoms with Gasteiger partial charge in [0, 0.05) is 6.42 Å². The largest absolute Gasteiger partial charge is 0.469 e. The van der Waals surface area contributed by atoms with Crippen molar-refractivity contribution < 1.29 is 4.42 Å². The molecule has 2 nitrogen and oxygen atoms in total. The Labute approximate surface area is 84.5 Å². The Morgan fingerprint density at radius 3 is 2.71 bits per heavy atom. The van der Waals surface area contributed by atoms with Gasteiger partial charge >= 0.3 is 0 Å². The van der Waals surface area contributed by atoms with Gasteiger partial charge in [0.25, 0.3) is 0 Å². The van der Waals surface area contributed by atoms with Crippen LogP contribution in [0.3, 0.4) is 0 Å². The van der Waals surface area contributed by atoms with E-state index in [1.165, 1.54) is 19.3 Å². The molecule has 0 spiro atoms. The molecule has 0 aliphatic heterocycles. The lowest BCUT2D eigenvalue weighted by atomic mass is 9.72. The number of nitriles is 1. The minimum absolute atomic E-state index is 0.143. The van der Waals surface area contributed by atoms with Gasteiger partial charge in [-0.1, -0.05) is 19.3 Å². The topological polar surface area (TPSA) is 36.9 Å². The van der Waals surface area contributed by atoms with Gasteiger partial charge in [-0.25, -0.2) is 0 Å². The second kappa shape index (κ2) is 3.88. The molecular weight excluding hydrogens is 174 g/mol. The molecule has 0 bridgehead atoms. The average Bonchev–Trinajstić information content (AvgIpc) is 2.72. The van der Waals surface area contributed by atoms with E-state index in [0.717, 1.165) is 25.0 Å². The number of hydrogen-bond donors (Lipinski definition) is 0. The van der Waals surface area contributed by atoms with E-state index in [2.05, 4.69) is 6.07 Å². The van der Waals surface area contributed by atoms with Crippen LogP contribution in [0.5, 0.6) is 0 Å². The van der Waals surface area contributed by atoms with Crippen LogP contribution in [0.15, 0.2) is 22.8 Å². The van der Waals surface area contributed by atoms with Gasteiger partial charge in [-0.05, 0) is 25.0 Å². The lowest BCUT2D eigenvalue weighted by Crippen LogP contribution is -2.24. The number of nitrogens with zero attached hydrogens (tertiary/aromatic N) is 1. The van der Waals surface area contributed by atoms with Crippen LogP contribution in [-0.4, -0.2) is 0 Å². The first-order chi connectivity index (χ1) is 6.85. The molecule has 0 saturated heterocycles.